The van der Waals surface area contributed by atoms with Crippen LogP contribution in [-0.4, -0.2) is 13.1 Å². The van der Waals surface area contributed by atoms with Crippen LogP contribution in [0.1, 0.15) is 19.3 Å². The standard InChI is InChI=1S/C7H13N2/c1-2-6(3-1)7-8-4-5-9-7/h6,8-9H,1-5H2. The van der Waals surface area contributed by atoms with E-state index in [-0.39, 0.29) is 0 Å². The zero-order valence-corrected chi connectivity index (χ0v) is 5.61. The smallest absolute Gasteiger partial charge is 0.104 e. The molecule has 0 spiro atoms. The first-order valence-electron chi connectivity index (χ1n) is 3.81. The van der Waals surface area contributed by atoms with Crippen LogP contribution in [0.25, 0.3) is 0 Å². The van der Waals surface area contributed by atoms with Gasteiger partial charge in [-0.05, 0) is 18.8 Å². The minimum Gasteiger partial charge on any atom is -0.295 e. The molecule has 1 aliphatic carbocycles. The molecule has 0 atom stereocenters. The Labute approximate surface area is 56.0 Å². The Morgan fingerprint density at radius 2 is 1.78 bits per heavy atom. The van der Waals surface area contributed by atoms with Gasteiger partial charge in [0.1, 0.15) is 6.17 Å². The number of hydrogen-bond acceptors (Lipinski definition) is 2. The molecular formula is C7H13N2. The van der Waals surface area contributed by atoms with Crippen LogP contribution in [0.5, 0.6) is 0 Å². The van der Waals surface area contributed by atoms with Crippen molar-refractivity contribution in [1.29, 1.82) is 0 Å². The van der Waals surface area contributed by atoms with E-state index in [4.69, 9.17) is 0 Å². The fourth-order valence-corrected chi connectivity index (χ4v) is 1.44. The van der Waals surface area contributed by atoms with Crippen LogP contribution in [0, 0.1) is 12.1 Å². The van der Waals surface area contributed by atoms with Crippen molar-refractivity contribution in [1.82, 2.24) is 10.6 Å². The van der Waals surface area contributed by atoms with Gasteiger partial charge in [0.05, 0.1) is 0 Å². The molecule has 0 bridgehead atoms. The summed E-state index contributed by atoms with van der Waals surface area (Å²) in [4.78, 5) is 0. The molecule has 1 saturated heterocycles. The van der Waals surface area contributed by atoms with Crippen LogP contribution < -0.4 is 10.6 Å². The number of hydrogen-bond donors (Lipinski definition) is 2. The van der Waals surface area contributed by atoms with Crippen molar-refractivity contribution in [3.8, 4) is 0 Å². The quantitative estimate of drug-likeness (QED) is 0.532. The van der Waals surface area contributed by atoms with Crippen LogP contribution >= 0.6 is 0 Å². The third-order valence-corrected chi connectivity index (χ3v) is 2.27. The summed E-state index contributed by atoms with van der Waals surface area (Å²) in [7, 11) is 0. The highest BCUT2D eigenvalue weighted by atomic mass is 15.2. The topological polar surface area (TPSA) is 24.1 Å². The molecule has 2 N–H and O–H groups in total. The first kappa shape index (κ1) is 5.69. The Morgan fingerprint density at radius 1 is 1.11 bits per heavy atom. The first-order chi connectivity index (χ1) is 4.47. The summed E-state index contributed by atoms with van der Waals surface area (Å²) in [6, 6.07) is 0. The minimum absolute atomic E-state index is 0.868. The van der Waals surface area contributed by atoms with Crippen LogP contribution in [0.3, 0.4) is 0 Å². The maximum Gasteiger partial charge on any atom is 0.104 e. The lowest BCUT2D eigenvalue weighted by Crippen LogP contribution is -2.33. The predicted octanol–water partition coefficient (Wildman–Crippen LogP) is 0.469. The van der Waals surface area contributed by atoms with Crippen LogP contribution in [-0.2, 0) is 0 Å². The van der Waals surface area contributed by atoms with E-state index < -0.39 is 0 Å². The molecule has 1 radical (unpaired) electrons. The summed E-state index contributed by atoms with van der Waals surface area (Å²) in [5.41, 5.74) is 0. The molecule has 2 nitrogen and oxygen atoms in total. The van der Waals surface area contributed by atoms with Gasteiger partial charge in [0.15, 0.2) is 0 Å². The fourth-order valence-electron chi connectivity index (χ4n) is 1.44. The third-order valence-electron chi connectivity index (χ3n) is 2.27. The van der Waals surface area contributed by atoms with E-state index in [9.17, 15) is 0 Å². The van der Waals surface area contributed by atoms with Crippen LogP contribution in [0.4, 0.5) is 0 Å². The van der Waals surface area contributed by atoms with Crippen molar-refractivity contribution in [3.05, 3.63) is 6.17 Å². The second kappa shape index (κ2) is 2.27. The molecule has 9 heavy (non-hydrogen) atoms. The average Bonchev–Trinajstić information content (AvgIpc) is 2.11. The maximum absolute atomic E-state index is 3.36. The summed E-state index contributed by atoms with van der Waals surface area (Å²) in [6.45, 7) is 2.26. The maximum atomic E-state index is 3.36. The van der Waals surface area contributed by atoms with E-state index in [0.717, 1.165) is 19.0 Å². The molecule has 0 aromatic heterocycles. The summed E-state index contributed by atoms with van der Waals surface area (Å²) in [6.07, 6.45) is 5.64. The molecular weight excluding hydrogens is 112 g/mol. The zero-order valence-electron chi connectivity index (χ0n) is 5.61. The normalized spacial score (nSPS) is 30.7. The Morgan fingerprint density at radius 3 is 2.22 bits per heavy atom. The molecule has 2 rings (SSSR count). The Balaban J connectivity index is 1.82. The van der Waals surface area contributed by atoms with E-state index in [1.165, 1.54) is 25.4 Å². The summed E-state index contributed by atoms with van der Waals surface area (Å²) >= 11 is 0. The van der Waals surface area contributed by atoms with Crippen molar-refractivity contribution in [2.75, 3.05) is 13.1 Å². The highest BCUT2D eigenvalue weighted by molar-refractivity contribution is 4.99. The molecule has 2 heteroatoms. The molecule has 0 aromatic rings. The Bertz CT molecular complexity index is 93.1. The monoisotopic (exact) mass is 125 g/mol. The van der Waals surface area contributed by atoms with Crippen molar-refractivity contribution in [2.24, 2.45) is 5.92 Å². The molecule has 1 aliphatic heterocycles. The van der Waals surface area contributed by atoms with Gasteiger partial charge in [-0.1, -0.05) is 6.42 Å². The molecule has 0 unspecified atom stereocenters. The molecule has 2 aliphatic rings. The molecule has 51 valence electrons. The van der Waals surface area contributed by atoms with Crippen molar-refractivity contribution < 1.29 is 0 Å². The third kappa shape index (κ3) is 0.970. The molecule has 0 amide bonds. The van der Waals surface area contributed by atoms with Gasteiger partial charge in [0.25, 0.3) is 0 Å². The Hall–Kier alpha value is -0.0800. The van der Waals surface area contributed by atoms with E-state index in [1.807, 2.05) is 0 Å². The molecule has 1 heterocycles. The minimum atomic E-state index is 0.868. The van der Waals surface area contributed by atoms with Crippen molar-refractivity contribution in [3.63, 3.8) is 0 Å². The highest BCUT2D eigenvalue weighted by Gasteiger charge is 2.29. The summed E-state index contributed by atoms with van der Waals surface area (Å²) < 4.78 is 0. The Kier molecular flexibility index (Phi) is 1.44. The lowest BCUT2D eigenvalue weighted by atomic mass is 9.83. The van der Waals surface area contributed by atoms with Crippen LogP contribution in [0.2, 0.25) is 0 Å². The van der Waals surface area contributed by atoms with Crippen LogP contribution in [0.15, 0.2) is 0 Å². The summed E-state index contributed by atoms with van der Waals surface area (Å²) in [5, 5.41) is 6.73. The molecule has 2 fully saturated rings. The van der Waals surface area contributed by atoms with Gasteiger partial charge < -0.3 is 0 Å². The number of rotatable bonds is 1. The van der Waals surface area contributed by atoms with Gasteiger partial charge in [0, 0.05) is 13.1 Å². The van der Waals surface area contributed by atoms with E-state index in [2.05, 4.69) is 10.6 Å². The summed E-state index contributed by atoms with van der Waals surface area (Å²) in [5.74, 6) is 0.868. The van der Waals surface area contributed by atoms with Gasteiger partial charge in [-0.15, -0.1) is 0 Å². The van der Waals surface area contributed by atoms with E-state index in [0.29, 0.717) is 0 Å². The van der Waals surface area contributed by atoms with Gasteiger partial charge in [-0.2, -0.15) is 0 Å². The van der Waals surface area contributed by atoms with Crippen molar-refractivity contribution >= 4 is 0 Å². The predicted molar refractivity (Wildman–Crippen MR) is 36.6 cm³/mol. The zero-order chi connectivity index (χ0) is 6.10. The number of nitrogens with one attached hydrogen (secondary N) is 2. The van der Waals surface area contributed by atoms with Crippen molar-refractivity contribution in [2.45, 2.75) is 19.3 Å². The molecule has 1 saturated carbocycles. The van der Waals surface area contributed by atoms with Gasteiger partial charge in [-0.25, -0.2) is 0 Å². The first-order valence-corrected chi connectivity index (χ1v) is 3.81. The van der Waals surface area contributed by atoms with Gasteiger partial charge >= 0.3 is 0 Å². The largest absolute Gasteiger partial charge is 0.295 e. The second-order valence-electron chi connectivity index (χ2n) is 2.90. The lowest BCUT2D eigenvalue weighted by molar-refractivity contribution is 0.299. The lowest BCUT2D eigenvalue weighted by Gasteiger charge is -2.30. The second-order valence-corrected chi connectivity index (χ2v) is 2.90. The van der Waals surface area contributed by atoms with Gasteiger partial charge in [0.2, 0.25) is 0 Å². The SMILES string of the molecule is C1CC([C]2NCCN2)C1. The fraction of sp³-hybridized carbons (Fsp3) is 0.857. The van der Waals surface area contributed by atoms with Gasteiger partial charge in [-0.3, -0.25) is 10.6 Å². The van der Waals surface area contributed by atoms with E-state index in [1.54, 1.807) is 0 Å². The van der Waals surface area contributed by atoms with E-state index >= 15 is 0 Å². The highest BCUT2D eigenvalue weighted by Crippen LogP contribution is 2.32. The average molecular weight is 125 g/mol. The molecule has 0 aromatic carbocycles.